The Morgan fingerprint density at radius 2 is 2.00 bits per heavy atom. The van der Waals surface area contributed by atoms with Gasteiger partial charge in [0.25, 0.3) is 0 Å². The lowest BCUT2D eigenvalue weighted by atomic mass is 10.2. The summed E-state index contributed by atoms with van der Waals surface area (Å²) in [5, 5.41) is 0. The summed E-state index contributed by atoms with van der Waals surface area (Å²) in [6, 6.07) is 6.56. The fourth-order valence-corrected chi connectivity index (χ4v) is 3.67. The van der Waals surface area contributed by atoms with Crippen molar-refractivity contribution in [2.75, 3.05) is 25.4 Å². The van der Waals surface area contributed by atoms with Gasteiger partial charge in [0, 0.05) is 12.1 Å². The first-order valence-corrected chi connectivity index (χ1v) is 8.40. The predicted octanol–water partition coefficient (Wildman–Crippen LogP) is 1.19. The molecule has 0 unspecified atom stereocenters. The topological polar surface area (TPSA) is 63.4 Å². The van der Waals surface area contributed by atoms with Crippen LogP contribution in [0.25, 0.3) is 0 Å². The number of benzene rings is 1. The van der Waals surface area contributed by atoms with Gasteiger partial charge in [0.1, 0.15) is 4.99 Å². The lowest BCUT2D eigenvalue weighted by molar-refractivity contribution is 0.359. The van der Waals surface area contributed by atoms with Crippen LogP contribution in [0.15, 0.2) is 29.2 Å². The summed E-state index contributed by atoms with van der Waals surface area (Å²) in [5.74, 6) is 0.147. The average molecular weight is 298 g/mol. The molecule has 1 saturated heterocycles. The molecule has 1 fully saturated rings. The Morgan fingerprint density at radius 3 is 2.63 bits per heavy atom. The first-order valence-electron chi connectivity index (χ1n) is 6.34. The molecule has 2 N–H and O–H groups in total. The summed E-state index contributed by atoms with van der Waals surface area (Å²) in [6.45, 7) is 2.60. The van der Waals surface area contributed by atoms with Crippen molar-refractivity contribution in [2.24, 2.45) is 5.73 Å². The van der Waals surface area contributed by atoms with Crippen LogP contribution in [0.2, 0.25) is 0 Å². The van der Waals surface area contributed by atoms with E-state index in [4.69, 9.17) is 18.0 Å². The molecule has 0 aromatic heterocycles. The van der Waals surface area contributed by atoms with Gasteiger partial charge in [-0.15, -0.1) is 0 Å². The summed E-state index contributed by atoms with van der Waals surface area (Å²) in [5.41, 5.74) is 6.12. The molecule has 6 heteroatoms. The number of sulfone groups is 1. The summed E-state index contributed by atoms with van der Waals surface area (Å²) >= 11 is 4.87. The van der Waals surface area contributed by atoms with E-state index >= 15 is 0 Å². The lowest BCUT2D eigenvalue weighted by Gasteiger charge is -2.14. The van der Waals surface area contributed by atoms with Crippen LogP contribution in [0.5, 0.6) is 0 Å². The molecule has 1 heterocycles. The SMILES string of the molecule is NC(=S)c1cccc(S(=O)(=O)CCN2CCCC2)c1. The first-order chi connectivity index (χ1) is 8.99. The van der Waals surface area contributed by atoms with E-state index in [-0.39, 0.29) is 10.7 Å². The maximum absolute atomic E-state index is 12.3. The third-order valence-corrected chi connectivity index (χ3v) is 5.28. The number of nitrogens with two attached hydrogens (primary N) is 1. The van der Waals surface area contributed by atoms with E-state index in [0.717, 1.165) is 25.9 Å². The van der Waals surface area contributed by atoms with Crippen LogP contribution in [-0.4, -0.2) is 43.7 Å². The van der Waals surface area contributed by atoms with E-state index in [2.05, 4.69) is 4.90 Å². The molecule has 0 radical (unpaired) electrons. The molecular formula is C13H18N2O2S2. The molecule has 1 aliphatic rings. The molecule has 0 aliphatic carbocycles. The minimum absolute atomic E-state index is 0.147. The quantitative estimate of drug-likeness (QED) is 0.827. The van der Waals surface area contributed by atoms with Crippen LogP contribution >= 0.6 is 12.2 Å². The monoisotopic (exact) mass is 298 g/mol. The predicted molar refractivity (Wildman–Crippen MR) is 80.1 cm³/mol. The van der Waals surface area contributed by atoms with Crippen LogP contribution in [0.4, 0.5) is 0 Å². The zero-order valence-electron chi connectivity index (χ0n) is 10.7. The van der Waals surface area contributed by atoms with Gasteiger partial charge >= 0.3 is 0 Å². The molecule has 104 valence electrons. The number of hydrogen-bond acceptors (Lipinski definition) is 4. The highest BCUT2D eigenvalue weighted by atomic mass is 32.2. The highest BCUT2D eigenvalue weighted by Gasteiger charge is 2.19. The second kappa shape index (κ2) is 5.98. The van der Waals surface area contributed by atoms with Crippen molar-refractivity contribution in [1.82, 2.24) is 4.90 Å². The van der Waals surface area contributed by atoms with E-state index in [1.807, 2.05) is 0 Å². The Hall–Kier alpha value is -0.980. The summed E-state index contributed by atoms with van der Waals surface area (Å²) in [7, 11) is -3.26. The van der Waals surface area contributed by atoms with Gasteiger partial charge < -0.3 is 10.6 Å². The van der Waals surface area contributed by atoms with E-state index in [1.54, 1.807) is 24.3 Å². The van der Waals surface area contributed by atoms with Gasteiger partial charge in [0.15, 0.2) is 9.84 Å². The molecule has 4 nitrogen and oxygen atoms in total. The van der Waals surface area contributed by atoms with Crippen LogP contribution in [0.3, 0.4) is 0 Å². The Bertz CT molecular complexity index is 564. The van der Waals surface area contributed by atoms with Crippen molar-refractivity contribution in [3.05, 3.63) is 29.8 Å². The lowest BCUT2D eigenvalue weighted by Crippen LogP contribution is -2.26. The zero-order chi connectivity index (χ0) is 13.9. The molecule has 0 amide bonds. The Balaban J connectivity index is 2.09. The minimum atomic E-state index is -3.26. The second-order valence-corrected chi connectivity index (χ2v) is 7.31. The molecule has 19 heavy (non-hydrogen) atoms. The molecule has 2 rings (SSSR count). The number of rotatable bonds is 5. The number of hydrogen-bond donors (Lipinski definition) is 1. The third kappa shape index (κ3) is 3.75. The molecule has 1 aromatic rings. The van der Waals surface area contributed by atoms with Crippen molar-refractivity contribution in [2.45, 2.75) is 17.7 Å². The Labute approximate surface area is 119 Å². The Morgan fingerprint density at radius 1 is 1.32 bits per heavy atom. The maximum atomic E-state index is 12.3. The van der Waals surface area contributed by atoms with E-state index in [1.165, 1.54) is 0 Å². The van der Waals surface area contributed by atoms with E-state index < -0.39 is 9.84 Å². The zero-order valence-corrected chi connectivity index (χ0v) is 12.3. The van der Waals surface area contributed by atoms with Gasteiger partial charge in [0.05, 0.1) is 10.6 Å². The van der Waals surface area contributed by atoms with Crippen molar-refractivity contribution in [3.63, 3.8) is 0 Å². The largest absolute Gasteiger partial charge is 0.389 e. The van der Waals surface area contributed by atoms with Gasteiger partial charge in [-0.1, -0.05) is 24.4 Å². The Kier molecular flexibility index (Phi) is 4.54. The molecule has 1 aliphatic heterocycles. The van der Waals surface area contributed by atoms with Crippen molar-refractivity contribution < 1.29 is 8.42 Å². The maximum Gasteiger partial charge on any atom is 0.179 e. The standard InChI is InChI=1S/C13H18N2O2S2/c14-13(18)11-4-3-5-12(10-11)19(16,17)9-8-15-6-1-2-7-15/h3-5,10H,1-2,6-9H2,(H2,14,18). The number of nitrogens with zero attached hydrogens (tertiary/aromatic N) is 1. The molecule has 0 bridgehead atoms. The van der Waals surface area contributed by atoms with Crippen LogP contribution in [-0.2, 0) is 9.84 Å². The highest BCUT2D eigenvalue weighted by molar-refractivity contribution is 7.91. The molecule has 0 spiro atoms. The summed E-state index contributed by atoms with van der Waals surface area (Å²) in [6.07, 6.45) is 2.33. The first kappa shape index (κ1) is 14.4. The third-order valence-electron chi connectivity index (χ3n) is 3.35. The molecular weight excluding hydrogens is 280 g/mol. The van der Waals surface area contributed by atoms with E-state index in [0.29, 0.717) is 17.0 Å². The van der Waals surface area contributed by atoms with Gasteiger partial charge in [-0.3, -0.25) is 0 Å². The summed E-state index contributed by atoms with van der Waals surface area (Å²) in [4.78, 5) is 2.71. The van der Waals surface area contributed by atoms with Crippen LogP contribution in [0, 0.1) is 0 Å². The summed E-state index contributed by atoms with van der Waals surface area (Å²) < 4.78 is 24.5. The smallest absolute Gasteiger partial charge is 0.179 e. The number of thiocarbonyl (C=S) groups is 1. The van der Waals surface area contributed by atoms with Gasteiger partial charge in [0.2, 0.25) is 0 Å². The van der Waals surface area contributed by atoms with Gasteiger partial charge in [-0.05, 0) is 38.1 Å². The normalized spacial score (nSPS) is 16.6. The fourth-order valence-electron chi connectivity index (χ4n) is 2.22. The average Bonchev–Trinajstić information content (AvgIpc) is 2.90. The van der Waals surface area contributed by atoms with Gasteiger partial charge in [-0.2, -0.15) is 0 Å². The van der Waals surface area contributed by atoms with E-state index in [9.17, 15) is 8.42 Å². The highest BCUT2D eigenvalue weighted by Crippen LogP contribution is 2.15. The minimum Gasteiger partial charge on any atom is -0.389 e. The second-order valence-electron chi connectivity index (χ2n) is 4.76. The van der Waals surface area contributed by atoms with Crippen LogP contribution in [0.1, 0.15) is 18.4 Å². The van der Waals surface area contributed by atoms with Crippen molar-refractivity contribution >= 4 is 27.0 Å². The fraction of sp³-hybridized carbons (Fsp3) is 0.462. The van der Waals surface area contributed by atoms with Crippen LogP contribution < -0.4 is 5.73 Å². The van der Waals surface area contributed by atoms with Crippen molar-refractivity contribution in [3.8, 4) is 0 Å². The molecule has 1 aromatic carbocycles. The molecule has 0 saturated carbocycles. The van der Waals surface area contributed by atoms with Crippen molar-refractivity contribution in [1.29, 1.82) is 0 Å². The number of likely N-dealkylation sites (tertiary alicyclic amines) is 1. The van der Waals surface area contributed by atoms with Gasteiger partial charge in [-0.25, -0.2) is 8.42 Å². The molecule has 0 atom stereocenters.